The fourth-order valence-corrected chi connectivity index (χ4v) is 11.1. The average Bonchev–Trinajstić information content (AvgIpc) is 3.51. The van der Waals surface area contributed by atoms with Crippen LogP contribution in [-0.4, -0.2) is 157 Å². The molecule has 1 aromatic carbocycles. The van der Waals surface area contributed by atoms with Crippen LogP contribution in [-0.2, 0) is 53.9 Å². The van der Waals surface area contributed by atoms with E-state index < -0.39 is 108 Å². The van der Waals surface area contributed by atoms with Gasteiger partial charge in [-0.25, -0.2) is 4.79 Å². The molecule has 1 amide bonds. The number of likely N-dealkylation sites (N-methyl/N-ethyl adjacent to an activating group) is 1. The molecule has 64 heavy (non-hydrogen) atoms. The largest absolute Gasteiger partial charge is 0.458 e. The number of ketones is 1. The van der Waals surface area contributed by atoms with Gasteiger partial charge in [-0.05, 0) is 99.0 Å². The van der Waals surface area contributed by atoms with Crippen LogP contribution < -0.4 is 0 Å². The molecule has 4 aliphatic rings. The standard InChI is InChI=1S/C47H74Cl2N2O13/c1-15-34-47(10)39(51(44(56)64-47)19-18-30-16-17-31(48)32(49)21-30)26(4)36(52)24(2)22-46(9,58-14)41(63-43-37(53)33(50(11)12)20-25(3)59-43)27(5)38(28(6)42(55)61-34)62-35-23-45(8,57-13)40(54)29(7)60-35/h16-17,21,24-29,33-35,37-41,43,53-54H,15,18-20,22-23H2,1-14H3/t24-,25-,26?,27+,28-,29+,33+,34-,35+,37-,38+,39-,40+,41-,43+,45-,46-,47+/m1/s1. The summed E-state index contributed by atoms with van der Waals surface area (Å²) in [5.74, 6) is -4.03. The number of methoxy groups -OCH3 is 2. The minimum Gasteiger partial charge on any atom is -0.458 e. The summed E-state index contributed by atoms with van der Waals surface area (Å²) in [7, 11) is 6.83. The second kappa shape index (κ2) is 21.0. The molecule has 0 spiro atoms. The molecule has 18 atom stereocenters. The number of aliphatic hydroxyl groups is 2. The Morgan fingerprint density at radius 3 is 2.14 bits per heavy atom. The van der Waals surface area contributed by atoms with Crippen molar-refractivity contribution in [2.24, 2.45) is 23.7 Å². The lowest BCUT2D eigenvalue weighted by molar-refractivity contribution is -0.319. The second-order valence-electron chi connectivity index (χ2n) is 19.6. The Hall–Kier alpha value is -2.15. The molecule has 5 rings (SSSR count). The molecular formula is C47H74Cl2N2O13. The van der Waals surface area contributed by atoms with Gasteiger partial charge in [0.1, 0.15) is 24.1 Å². The Morgan fingerprint density at radius 2 is 1.55 bits per heavy atom. The fourth-order valence-electron chi connectivity index (χ4n) is 10.8. The van der Waals surface area contributed by atoms with Crippen molar-refractivity contribution in [2.45, 2.75) is 186 Å². The van der Waals surface area contributed by atoms with E-state index in [4.69, 9.17) is 61.1 Å². The highest BCUT2D eigenvalue weighted by Gasteiger charge is 2.61. The van der Waals surface area contributed by atoms with E-state index >= 15 is 4.79 Å². The number of amides is 1. The van der Waals surface area contributed by atoms with Crippen molar-refractivity contribution in [3.05, 3.63) is 33.8 Å². The smallest absolute Gasteiger partial charge is 0.410 e. The Labute approximate surface area is 389 Å². The molecule has 0 radical (unpaired) electrons. The van der Waals surface area contributed by atoms with Crippen LogP contribution in [0.15, 0.2) is 18.2 Å². The lowest BCUT2D eigenvalue weighted by Crippen LogP contribution is -2.61. The Bertz CT molecular complexity index is 1790. The van der Waals surface area contributed by atoms with Gasteiger partial charge in [-0.2, -0.15) is 0 Å². The van der Waals surface area contributed by atoms with Gasteiger partial charge < -0.3 is 53.0 Å². The van der Waals surface area contributed by atoms with E-state index in [1.807, 2.05) is 59.7 Å². The van der Waals surface area contributed by atoms with Crippen molar-refractivity contribution >= 4 is 41.0 Å². The number of cyclic esters (lactones) is 1. The SMILES string of the molecule is CC[C@H]1OC(=O)[C@H](C)[C@@H](O[C@H]2C[C@@](C)(OC)[C@@H](O)[C@H](C)O2)[C@H](C)[C@@H](O[C@@H]2O[C@H](C)C[C@H](N(C)C)[C@H]2O)[C@](C)(OC)C[C@@H](C)C(=O)C(C)[C@H]2N(CCc3ccc(Cl)c(Cl)c3)C(=O)O[C@@]12C. The third-order valence-corrected chi connectivity index (χ3v) is 15.5. The lowest BCUT2D eigenvalue weighted by atomic mass is 9.73. The second-order valence-corrected chi connectivity index (χ2v) is 20.5. The summed E-state index contributed by atoms with van der Waals surface area (Å²) < 4.78 is 51.4. The molecule has 2 N–H and O–H groups in total. The number of Topliss-reactive ketones (excluding diaryl/α,β-unsaturated/α-hetero) is 1. The zero-order valence-electron chi connectivity index (χ0n) is 40.2. The summed E-state index contributed by atoms with van der Waals surface area (Å²) in [6, 6.07) is 4.11. The quantitative estimate of drug-likeness (QED) is 0.232. The van der Waals surface area contributed by atoms with E-state index in [1.165, 1.54) is 14.2 Å². The summed E-state index contributed by atoms with van der Waals surface area (Å²) in [5.41, 5.74) is -2.95. The average molecular weight is 946 g/mol. The predicted octanol–water partition coefficient (Wildman–Crippen LogP) is 6.46. The molecule has 4 saturated heterocycles. The van der Waals surface area contributed by atoms with Crippen LogP contribution in [0.5, 0.6) is 0 Å². The van der Waals surface area contributed by atoms with E-state index in [2.05, 4.69) is 0 Å². The van der Waals surface area contributed by atoms with E-state index in [0.29, 0.717) is 22.9 Å². The normalized spacial score (nSPS) is 42.8. The number of nitrogens with zero attached hydrogens (tertiary/aromatic N) is 2. The Kier molecular flexibility index (Phi) is 17.3. The fraction of sp³-hybridized carbons (Fsp3) is 0.809. The van der Waals surface area contributed by atoms with Gasteiger partial charge in [0, 0.05) is 51.0 Å². The van der Waals surface area contributed by atoms with Gasteiger partial charge in [0.2, 0.25) is 0 Å². The van der Waals surface area contributed by atoms with E-state index in [-0.39, 0.29) is 43.7 Å². The highest BCUT2D eigenvalue weighted by molar-refractivity contribution is 6.42. The number of rotatable bonds is 11. The molecule has 1 aromatic rings. The van der Waals surface area contributed by atoms with Crippen molar-refractivity contribution in [1.82, 2.24) is 9.80 Å². The van der Waals surface area contributed by atoms with Crippen molar-refractivity contribution in [1.29, 1.82) is 0 Å². The number of fused-ring (bicyclic) bond motifs is 1. The van der Waals surface area contributed by atoms with E-state index in [1.54, 1.807) is 51.7 Å². The number of carbonyl (C=O) groups excluding carboxylic acids is 3. The number of hydrogen-bond acceptors (Lipinski definition) is 14. The number of esters is 1. The molecule has 15 nitrogen and oxygen atoms in total. The van der Waals surface area contributed by atoms with Gasteiger partial charge in [0.15, 0.2) is 18.2 Å². The van der Waals surface area contributed by atoms with Crippen molar-refractivity contribution < 1.29 is 62.5 Å². The first-order chi connectivity index (χ1) is 29.9. The third-order valence-electron chi connectivity index (χ3n) is 14.7. The summed E-state index contributed by atoms with van der Waals surface area (Å²) in [4.78, 5) is 47.5. The first kappa shape index (κ1) is 52.8. The molecular weight excluding hydrogens is 871 g/mol. The maximum Gasteiger partial charge on any atom is 0.410 e. The minimum atomic E-state index is -1.46. The maximum atomic E-state index is 15.0. The van der Waals surface area contributed by atoms with E-state index in [0.717, 1.165) is 5.56 Å². The highest BCUT2D eigenvalue weighted by atomic mass is 35.5. The van der Waals surface area contributed by atoms with Crippen LogP contribution in [0.3, 0.4) is 0 Å². The van der Waals surface area contributed by atoms with Crippen molar-refractivity contribution in [3.63, 3.8) is 0 Å². The van der Waals surface area contributed by atoms with Crippen LogP contribution in [0.25, 0.3) is 0 Å². The molecule has 0 aromatic heterocycles. The van der Waals surface area contributed by atoms with Crippen LogP contribution in [0.4, 0.5) is 4.79 Å². The molecule has 0 saturated carbocycles. The van der Waals surface area contributed by atoms with Gasteiger partial charge in [-0.1, -0.05) is 57.0 Å². The van der Waals surface area contributed by atoms with Crippen molar-refractivity contribution in [2.75, 3.05) is 34.9 Å². The first-order valence-corrected chi connectivity index (χ1v) is 23.5. The van der Waals surface area contributed by atoms with Crippen molar-refractivity contribution in [3.8, 4) is 0 Å². The van der Waals surface area contributed by atoms with Gasteiger partial charge in [0.05, 0.1) is 57.6 Å². The van der Waals surface area contributed by atoms with Crippen LogP contribution in [0, 0.1) is 23.7 Å². The molecule has 364 valence electrons. The summed E-state index contributed by atoms with van der Waals surface area (Å²) in [5, 5.41) is 23.7. The predicted molar refractivity (Wildman–Crippen MR) is 240 cm³/mol. The topological polar surface area (TPSA) is 172 Å². The monoisotopic (exact) mass is 944 g/mol. The molecule has 17 heteroatoms. The number of carbonyl (C=O) groups is 3. The highest BCUT2D eigenvalue weighted by Crippen LogP contribution is 2.45. The van der Waals surface area contributed by atoms with Gasteiger partial charge in [0.25, 0.3) is 0 Å². The lowest BCUT2D eigenvalue weighted by Gasteiger charge is -2.50. The van der Waals surface area contributed by atoms with Crippen LogP contribution >= 0.6 is 23.2 Å². The third kappa shape index (κ3) is 10.8. The maximum absolute atomic E-state index is 15.0. The summed E-state index contributed by atoms with van der Waals surface area (Å²) >= 11 is 12.6. The molecule has 1 unspecified atom stereocenters. The summed E-state index contributed by atoms with van der Waals surface area (Å²) in [6.45, 7) is 18.2. The molecule has 4 aliphatic heterocycles. The summed E-state index contributed by atoms with van der Waals surface area (Å²) in [6.07, 6.45) is -7.29. The first-order valence-electron chi connectivity index (χ1n) is 22.8. The van der Waals surface area contributed by atoms with Gasteiger partial charge in [-0.15, -0.1) is 0 Å². The minimum absolute atomic E-state index is 0.119. The number of hydrogen-bond donors (Lipinski definition) is 2. The number of ether oxygens (including phenoxy) is 8. The zero-order valence-corrected chi connectivity index (χ0v) is 41.7. The molecule has 0 bridgehead atoms. The molecule has 0 aliphatic carbocycles. The molecule has 4 fully saturated rings. The Balaban J connectivity index is 1.63. The molecule has 4 heterocycles. The van der Waals surface area contributed by atoms with E-state index in [9.17, 15) is 19.8 Å². The zero-order chi connectivity index (χ0) is 47.8. The van der Waals surface area contributed by atoms with Gasteiger partial charge in [-0.3, -0.25) is 14.5 Å². The Morgan fingerprint density at radius 1 is 0.891 bits per heavy atom. The number of aliphatic hydroxyl groups excluding tert-OH is 2. The number of halogens is 2. The number of benzene rings is 1. The van der Waals surface area contributed by atoms with Crippen LogP contribution in [0.1, 0.15) is 100 Å². The van der Waals surface area contributed by atoms with Crippen LogP contribution in [0.2, 0.25) is 10.0 Å². The van der Waals surface area contributed by atoms with Gasteiger partial charge >= 0.3 is 12.1 Å².